The monoisotopic (exact) mass is 477 g/mol. The first-order valence-corrected chi connectivity index (χ1v) is 12.1. The molecule has 2 aromatic carbocycles. The van der Waals surface area contributed by atoms with Gasteiger partial charge in [0.1, 0.15) is 12.3 Å². The van der Waals surface area contributed by atoms with Gasteiger partial charge in [-0.15, -0.1) is 0 Å². The van der Waals surface area contributed by atoms with Crippen LogP contribution in [0.15, 0.2) is 60.7 Å². The zero-order chi connectivity index (χ0) is 25.2. The molecule has 35 heavy (non-hydrogen) atoms. The predicted octanol–water partition coefficient (Wildman–Crippen LogP) is 4.98. The van der Waals surface area contributed by atoms with Gasteiger partial charge in [-0.1, -0.05) is 49.4 Å². The van der Waals surface area contributed by atoms with Crippen LogP contribution in [0.5, 0.6) is 11.5 Å². The number of hydrogen-bond donors (Lipinski definition) is 3. The predicted molar refractivity (Wildman–Crippen MR) is 139 cm³/mol. The molecule has 7 heteroatoms. The third-order valence-corrected chi connectivity index (χ3v) is 5.88. The number of carbonyl (C=O) groups excluding carboxylic acids is 2. The van der Waals surface area contributed by atoms with E-state index in [0.29, 0.717) is 43.2 Å². The smallest absolute Gasteiger partial charge is 0.268 e. The highest BCUT2D eigenvalue weighted by molar-refractivity contribution is 5.99. The number of allylic oxidation sites excluding steroid dienone is 1. The second-order valence-corrected chi connectivity index (χ2v) is 8.39. The Morgan fingerprint density at radius 2 is 1.86 bits per heavy atom. The van der Waals surface area contributed by atoms with E-state index in [0.717, 1.165) is 16.5 Å². The summed E-state index contributed by atoms with van der Waals surface area (Å²) in [5.41, 5.74) is 2.26. The second kappa shape index (κ2) is 12.6. The summed E-state index contributed by atoms with van der Waals surface area (Å²) < 4.78 is 11.5. The summed E-state index contributed by atoms with van der Waals surface area (Å²) >= 11 is 0. The summed E-state index contributed by atoms with van der Waals surface area (Å²) in [6.45, 7) is 6.78. The highest BCUT2D eigenvalue weighted by atomic mass is 16.5. The van der Waals surface area contributed by atoms with Crippen LogP contribution in [-0.4, -0.2) is 36.5 Å². The van der Waals surface area contributed by atoms with Gasteiger partial charge in [0, 0.05) is 35.5 Å². The number of ether oxygens (including phenoxy) is 2. The van der Waals surface area contributed by atoms with Crippen molar-refractivity contribution in [2.24, 2.45) is 5.92 Å². The molecule has 1 heterocycles. The Balaban J connectivity index is 1.76. The van der Waals surface area contributed by atoms with Crippen LogP contribution < -0.4 is 20.1 Å². The first-order chi connectivity index (χ1) is 17.0. The van der Waals surface area contributed by atoms with Crippen LogP contribution in [0.1, 0.15) is 49.7 Å². The SMILES string of the molecule is C/C=C/C(CC(CC)C(=O)NCC)NC(=O)c1cc2cc(OC)c(OCc3ccccc3)cc2[nH]1. The molecule has 0 aliphatic heterocycles. The Morgan fingerprint density at radius 3 is 2.51 bits per heavy atom. The molecule has 0 spiro atoms. The number of aromatic amines is 1. The largest absolute Gasteiger partial charge is 0.493 e. The molecule has 2 amide bonds. The van der Waals surface area contributed by atoms with Crippen LogP contribution in [0.3, 0.4) is 0 Å². The van der Waals surface area contributed by atoms with Crippen molar-refractivity contribution in [1.82, 2.24) is 15.6 Å². The lowest BCUT2D eigenvalue weighted by molar-refractivity contribution is -0.125. The fourth-order valence-electron chi connectivity index (χ4n) is 4.02. The molecule has 0 fully saturated rings. The second-order valence-electron chi connectivity index (χ2n) is 8.39. The van der Waals surface area contributed by atoms with E-state index in [-0.39, 0.29) is 23.8 Å². The first-order valence-electron chi connectivity index (χ1n) is 12.1. The van der Waals surface area contributed by atoms with E-state index in [2.05, 4.69) is 15.6 Å². The maximum absolute atomic E-state index is 13.1. The number of carbonyl (C=O) groups is 2. The van der Waals surface area contributed by atoms with E-state index < -0.39 is 0 Å². The minimum absolute atomic E-state index is 0.0134. The molecule has 7 nitrogen and oxygen atoms in total. The zero-order valence-corrected chi connectivity index (χ0v) is 20.9. The Bertz CT molecular complexity index is 1150. The number of methoxy groups -OCH3 is 1. The average Bonchev–Trinajstić information content (AvgIpc) is 3.29. The van der Waals surface area contributed by atoms with Crippen LogP contribution in [0, 0.1) is 5.92 Å². The van der Waals surface area contributed by atoms with Crippen molar-refractivity contribution in [1.29, 1.82) is 0 Å². The molecule has 0 saturated heterocycles. The number of hydrogen-bond acceptors (Lipinski definition) is 4. The number of nitrogens with one attached hydrogen (secondary N) is 3. The van der Waals surface area contributed by atoms with Gasteiger partial charge in [-0.2, -0.15) is 0 Å². The third-order valence-electron chi connectivity index (χ3n) is 5.88. The highest BCUT2D eigenvalue weighted by Gasteiger charge is 2.22. The average molecular weight is 478 g/mol. The molecule has 2 unspecified atom stereocenters. The minimum atomic E-state index is -0.259. The van der Waals surface area contributed by atoms with E-state index in [1.165, 1.54) is 0 Å². The molecule has 3 N–H and O–H groups in total. The van der Waals surface area contributed by atoms with Crippen LogP contribution in [-0.2, 0) is 11.4 Å². The van der Waals surface area contributed by atoms with Crippen LogP contribution in [0.4, 0.5) is 0 Å². The Labute approximate surface area is 206 Å². The number of fused-ring (bicyclic) bond motifs is 1. The van der Waals surface area contributed by atoms with Crippen molar-refractivity contribution in [2.45, 2.75) is 46.3 Å². The molecule has 3 aromatic rings. The Kier molecular flexibility index (Phi) is 9.35. The Hall–Kier alpha value is -3.74. The van der Waals surface area contributed by atoms with Crippen LogP contribution in [0.25, 0.3) is 10.9 Å². The molecule has 0 aliphatic rings. The number of rotatable bonds is 12. The molecule has 0 saturated carbocycles. The van der Waals surface area contributed by atoms with Crippen molar-refractivity contribution < 1.29 is 19.1 Å². The normalized spacial score (nSPS) is 12.9. The molecular weight excluding hydrogens is 442 g/mol. The van der Waals surface area contributed by atoms with Gasteiger partial charge in [0.05, 0.1) is 7.11 Å². The van der Waals surface area contributed by atoms with E-state index in [1.807, 2.05) is 75.4 Å². The van der Waals surface area contributed by atoms with E-state index in [4.69, 9.17) is 9.47 Å². The molecular formula is C28H35N3O4. The maximum Gasteiger partial charge on any atom is 0.268 e. The van der Waals surface area contributed by atoms with Gasteiger partial charge >= 0.3 is 0 Å². The van der Waals surface area contributed by atoms with E-state index in [1.54, 1.807) is 13.2 Å². The van der Waals surface area contributed by atoms with E-state index >= 15 is 0 Å². The summed E-state index contributed by atoms with van der Waals surface area (Å²) in [5, 5.41) is 6.77. The van der Waals surface area contributed by atoms with E-state index in [9.17, 15) is 9.59 Å². The molecule has 1 aromatic heterocycles. The van der Waals surface area contributed by atoms with Crippen molar-refractivity contribution in [3.8, 4) is 11.5 Å². The molecule has 0 radical (unpaired) electrons. The quantitative estimate of drug-likeness (QED) is 0.321. The van der Waals surface area contributed by atoms with Crippen LogP contribution in [0.2, 0.25) is 0 Å². The van der Waals surface area contributed by atoms with Gasteiger partial charge in [-0.3, -0.25) is 9.59 Å². The van der Waals surface area contributed by atoms with Gasteiger partial charge in [0.15, 0.2) is 11.5 Å². The summed E-state index contributed by atoms with van der Waals surface area (Å²) in [7, 11) is 1.59. The summed E-state index contributed by atoms with van der Waals surface area (Å²) in [6.07, 6.45) is 5.04. The van der Waals surface area contributed by atoms with Crippen molar-refractivity contribution in [2.75, 3.05) is 13.7 Å². The first kappa shape index (κ1) is 25.9. The fourth-order valence-corrected chi connectivity index (χ4v) is 4.02. The van der Waals surface area contributed by atoms with Crippen molar-refractivity contribution in [3.63, 3.8) is 0 Å². The molecule has 186 valence electrons. The fraction of sp³-hybridized carbons (Fsp3) is 0.357. The molecule has 0 bridgehead atoms. The summed E-state index contributed by atoms with van der Waals surface area (Å²) in [5.74, 6) is 0.795. The summed E-state index contributed by atoms with van der Waals surface area (Å²) in [6, 6.07) is 15.1. The molecule has 0 aliphatic carbocycles. The number of aromatic nitrogens is 1. The minimum Gasteiger partial charge on any atom is -0.493 e. The number of H-pyrrole nitrogens is 1. The lowest BCUT2D eigenvalue weighted by Gasteiger charge is -2.20. The van der Waals surface area contributed by atoms with Gasteiger partial charge in [-0.25, -0.2) is 0 Å². The lowest BCUT2D eigenvalue weighted by Crippen LogP contribution is -2.39. The maximum atomic E-state index is 13.1. The standard InChI is InChI=1S/C28H35N3O4/c1-5-11-22(14-20(6-2)27(32)29-7-3)30-28(33)24-15-21-16-25(34-4)26(17-23(21)31-24)35-18-19-12-9-8-10-13-19/h5,8-13,15-17,20,22,31H,6-7,14,18H2,1-4H3,(H,29,32)(H,30,33)/b11-5+. The van der Waals surface area contributed by atoms with Crippen molar-refractivity contribution in [3.05, 3.63) is 71.9 Å². The third kappa shape index (κ3) is 6.88. The highest BCUT2D eigenvalue weighted by Crippen LogP contribution is 2.33. The van der Waals surface area contributed by atoms with Gasteiger partial charge in [0.2, 0.25) is 5.91 Å². The van der Waals surface area contributed by atoms with Crippen molar-refractivity contribution >= 4 is 22.7 Å². The number of benzene rings is 2. The number of amides is 2. The molecule has 2 atom stereocenters. The Morgan fingerprint density at radius 1 is 1.09 bits per heavy atom. The van der Waals surface area contributed by atoms with Gasteiger partial charge in [0.25, 0.3) is 5.91 Å². The van der Waals surface area contributed by atoms with Gasteiger partial charge in [-0.05, 0) is 44.4 Å². The summed E-state index contributed by atoms with van der Waals surface area (Å²) in [4.78, 5) is 28.6. The van der Waals surface area contributed by atoms with Gasteiger partial charge < -0.3 is 25.1 Å². The molecule has 3 rings (SSSR count). The topological polar surface area (TPSA) is 92.5 Å². The zero-order valence-electron chi connectivity index (χ0n) is 20.9. The lowest BCUT2D eigenvalue weighted by atomic mass is 9.95. The van der Waals surface area contributed by atoms with Crippen LogP contribution >= 0.6 is 0 Å².